The van der Waals surface area contributed by atoms with E-state index in [0.29, 0.717) is 18.7 Å². The van der Waals surface area contributed by atoms with Crippen LogP contribution in [0.5, 0.6) is 0 Å². The van der Waals surface area contributed by atoms with E-state index in [4.69, 9.17) is 0 Å². The predicted molar refractivity (Wildman–Crippen MR) is 109 cm³/mol. The fraction of sp³-hybridized carbons (Fsp3) is 0.300. The number of nitrogens with one attached hydrogen (secondary N) is 3. The van der Waals surface area contributed by atoms with Crippen LogP contribution in [0.1, 0.15) is 11.1 Å². The van der Waals surface area contributed by atoms with E-state index in [2.05, 4.69) is 20.7 Å². The molecule has 0 saturated carbocycles. The highest BCUT2D eigenvalue weighted by Crippen LogP contribution is 2.22. The number of hydrogen-bond donors (Lipinski definition) is 3. The van der Waals surface area contributed by atoms with Gasteiger partial charge in [-0.2, -0.15) is 5.10 Å². The van der Waals surface area contributed by atoms with Crippen LogP contribution in [-0.2, 0) is 27.3 Å². The van der Waals surface area contributed by atoms with Crippen LogP contribution in [0.25, 0.3) is 10.9 Å². The number of anilines is 1. The summed E-state index contributed by atoms with van der Waals surface area (Å²) in [7, 11) is 3.30. The van der Waals surface area contributed by atoms with Gasteiger partial charge in [0.1, 0.15) is 6.54 Å². The fourth-order valence-electron chi connectivity index (χ4n) is 3.02. The maximum absolute atomic E-state index is 12.1. The van der Waals surface area contributed by atoms with E-state index in [9.17, 15) is 14.4 Å². The molecule has 9 heteroatoms. The van der Waals surface area contributed by atoms with Gasteiger partial charge in [0.25, 0.3) is 0 Å². The van der Waals surface area contributed by atoms with E-state index in [-0.39, 0.29) is 12.5 Å². The third-order valence-corrected chi connectivity index (χ3v) is 4.57. The van der Waals surface area contributed by atoms with Crippen LogP contribution in [0.4, 0.5) is 5.69 Å². The molecule has 0 atom stereocenters. The minimum atomic E-state index is -0.779. The maximum Gasteiger partial charge on any atom is 0.313 e. The van der Waals surface area contributed by atoms with Gasteiger partial charge in [-0.3, -0.25) is 19.1 Å². The lowest BCUT2D eigenvalue weighted by molar-refractivity contribution is -0.136. The van der Waals surface area contributed by atoms with Crippen LogP contribution >= 0.6 is 0 Å². The van der Waals surface area contributed by atoms with Gasteiger partial charge in [-0.1, -0.05) is 12.1 Å². The second kappa shape index (κ2) is 8.59. The van der Waals surface area contributed by atoms with Crippen LogP contribution in [0.2, 0.25) is 0 Å². The van der Waals surface area contributed by atoms with Gasteiger partial charge in [0.2, 0.25) is 5.91 Å². The molecule has 29 heavy (non-hydrogen) atoms. The minimum absolute atomic E-state index is 0.0547. The Bertz CT molecular complexity index is 1050. The molecule has 0 unspecified atom stereocenters. The first kappa shape index (κ1) is 20.1. The van der Waals surface area contributed by atoms with Gasteiger partial charge < -0.3 is 20.5 Å². The first-order chi connectivity index (χ1) is 13.8. The Labute approximate surface area is 168 Å². The van der Waals surface area contributed by atoms with Crippen LogP contribution < -0.4 is 10.6 Å². The number of benzene rings is 1. The average Bonchev–Trinajstić information content (AvgIpc) is 3.29. The Hall–Kier alpha value is -3.62. The summed E-state index contributed by atoms with van der Waals surface area (Å²) in [6.45, 7) is 2.43. The number of nitrogens with zero attached hydrogens (tertiary/aromatic N) is 3. The lowest BCUT2D eigenvalue weighted by Gasteiger charge is -2.09. The lowest BCUT2D eigenvalue weighted by Crippen LogP contribution is -2.36. The summed E-state index contributed by atoms with van der Waals surface area (Å²) in [5.41, 5.74) is 3.65. The molecule has 3 aromatic rings. The molecule has 9 nitrogen and oxygen atoms in total. The molecule has 3 rings (SSSR count). The van der Waals surface area contributed by atoms with Crippen molar-refractivity contribution in [1.29, 1.82) is 0 Å². The summed E-state index contributed by atoms with van der Waals surface area (Å²) in [6.07, 6.45) is 5.42. The molecular weight excluding hydrogens is 372 g/mol. The van der Waals surface area contributed by atoms with Crippen LogP contribution in [-0.4, -0.2) is 58.0 Å². The third kappa shape index (κ3) is 4.81. The molecule has 0 aliphatic heterocycles. The molecule has 0 fully saturated rings. The Morgan fingerprint density at radius 3 is 2.76 bits per heavy atom. The zero-order valence-electron chi connectivity index (χ0n) is 16.7. The monoisotopic (exact) mass is 396 g/mol. The third-order valence-electron chi connectivity index (χ3n) is 4.57. The Balaban J connectivity index is 1.50. The quantitative estimate of drug-likeness (QED) is 0.541. The zero-order valence-corrected chi connectivity index (χ0v) is 16.7. The van der Waals surface area contributed by atoms with Crippen molar-refractivity contribution in [2.45, 2.75) is 19.9 Å². The number of aryl methyl sites for hydroxylation is 1. The minimum Gasteiger partial charge on any atom is -0.361 e. The lowest BCUT2D eigenvalue weighted by atomic mass is 10.1. The number of carbonyl (C=O) groups is 3. The van der Waals surface area contributed by atoms with Crippen molar-refractivity contribution in [1.82, 2.24) is 25.0 Å². The number of rotatable bonds is 6. The van der Waals surface area contributed by atoms with E-state index in [1.54, 1.807) is 14.1 Å². The highest BCUT2D eigenvalue weighted by atomic mass is 16.2. The van der Waals surface area contributed by atoms with Gasteiger partial charge in [0.15, 0.2) is 0 Å². The number of carbonyl (C=O) groups excluding carboxylic acids is 3. The second-order valence-electron chi connectivity index (χ2n) is 6.99. The van der Waals surface area contributed by atoms with Crippen molar-refractivity contribution in [3.05, 3.63) is 47.9 Å². The van der Waals surface area contributed by atoms with Gasteiger partial charge >= 0.3 is 11.8 Å². The molecule has 2 aromatic heterocycles. The van der Waals surface area contributed by atoms with Crippen LogP contribution in [0.3, 0.4) is 0 Å². The molecule has 2 heterocycles. The van der Waals surface area contributed by atoms with Gasteiger partial charge in [-0.05, 0) is 30.5 Å². The van der Waals surface area contributed by atoms with Crippen molar-refractivity contribution < 1.29 is 14.4 Å². The SMILES string of the molecule is Cc1cccc2[nH]cc(CCNC(=O)C(=O)Nc3cnn(CC(=O)N(C)C)c3)c12. The maximum atomic E-state index is 12.1. The first-order valence-electron chi connectivity index (χ1n) is 9.22. The van der Waals surface area contributed by atoms with Gasteiger partial charge in [0.05, 0.1) is 11.9 Å². The molecule has 1 aromatic carbocycles. The largest absolute Gasteiger partial charge is 0.361 e. The standard InChI is InChI=1S/C20H24N6O3/c1-13-5-4-6-16-18(13)14(9-22-16)7-8-21-19(28)20(29)24-15-10-23-26(11-15)12-17(27)25(2)3/h4-6,9-11,22H,7-8,12H2,1-3H3,(H,21,28)(H,24,29). The van der Waals surface area contributed by atoms with E-state index in [0.717, 1.165) is 22.0 Å². The fourth-order valence-corrected chi connectivity index (χ4v) is 3.02. The molecule has 0 saturated heterocycles. The van der Waals surface area contributed by atoms with Crippen molar-refractivity contribution in [3.8, 4) is 0 Å². The number of aromatic amines is 1. The number of hydrogen-bond acceptors (Lipinski definition) is 4. The van der Waals surface area contributed by atoms with Crippen molar-refractivity contribution in [2.24, 2.45) is 0 Å². The molecule has 152 valence electrons. The number of H-pyrrole nitrogens is 1. The van der Waals surface area contributed by atoms with Gasteiger partial charge in [0, 0.05) is 43.9 Å². The summed E-state index contributed by atoms with van der Waals surface area (Å²) in [6, 6.07) is 6.03. The van der Waals surface area contributed by atoms with Crippen LogP contribution in [0.15, 0.2) is 36.8 Å². The summed E-state index contributed by atoms with van der Waals surface area (Å²) in [5, 5.41) is 10.3. The smallest absolute Gasteiger partial charge is 0.313 e. The molecule has 0 radical (unpaired) electrons. The molecule has 0 spiro atoms. The Morgan fingerprint density at radius 1 is 1.21 bits per heavy atom. The summed E-state index contributed by atoms with van der Waals surface area (Å²) >= 11 is 0. The molecule has 0 aliphatic rings. The van der Waals surface area contributed by atoms with Gasteiger partial charge in [-0.15, -0.1) is 0 Å². The number of fused-ring (bicyclic) bond motifs is 1. The first-order valence-corrected chi connectivity index (χ1v) is 9.22. The topological polar surface area (TPSA) is 112 Å². The molecule has 3 N–H and O–H groups in total. The molecular formula is C20H24N6O3. The van der Waals surface area contributed by atoms with Crippen molar-refractivity contribution >= 4 is 34.3 Å². The van der Waals surface area contributed by atoms with E-state index >= 15 is 0 Å². The van der Waals surface area contributed by atoms with Gasteiger partial charge in [-0.25, -0.2) is 0 Å². The molecule has 0 aliphatic carbocycles. The number of aromatic nitrogens is 3. The predicted octanol–water partition coefficient (Wildman–Crippen LogP) is 1.06. The molecule has 3 amide bonds. The zero-order chi connectivity index (χ0) is 21.0. The Morgan fingerprint density at radius 2 is 2.00 bits per heavy atom. The average molecular weight is 396 g/mol. The normalized spacial score (nSPS) is 10.7. The van der Waals surface area contributed by atoms with Crippen molar-refractivity contribution in [3.63, 3.8) is 0 Å². The second-order valence-corrected chi connectivity index (χ2v) is 6.99. The Kier molecular flexibility index (Phi) is 5.96. The van der Waals surface area contributed by atoms with Crippen LogP contribution in [0, 0.1) is 6.92 Å². The van der Waals surface area contributed by atoms with E-state index in [1.807, 2.05) is 31.3 Å². The highest BCUT2D eigenvalue weighted by Gasteiger charge is 2.15. The number of likely N-dealkylation sites (N-methyl/N-ethyl adjacent to an activating group) is 1. The highest BCUT2D eigenvalue weighted by molar-refractivity contribution is 6.39. The summed E-state index contributed by atoms with van der Waals surface area (Å²) in [5.74, 6) is -1.63. The molecule has 0 bridgehead atoms. The summed E-state index contributed by atoms with van der Waals surface area (Å²) in [4.78, 5) is 40.5. The summed E-state index contributed by atoms with van der Waals surface area (Å²) < 4.78 is 1.40. The van der Waals surface area contributed by atoms with E-state index in [1.165, 1.54) is 22.0 Å². The van der Waals surface area contributed by atoms with E-state index < -0.39 is 11.8 Å². The number of amides is 3. The van der Waals surface area contributed by atoms with Crippen molar-refractivity contribution in [2.75, 3.05) is 26.0 Å².